The fraction of sp³-hybridized carbons (Fsp3) is 0.650. The lowest BCUT2D eigenvalue weighted by atomic mass is 10.2. The molecule has 0 aromatic heterocycles. The molecule has 0 saturated carbocycles. The van der Waals surface area contributed by atoms with Gasteiger partial charge in [-0.05, 0) is 49.9 Å². The van der Waals surface area contributed by atoms with Crippen molar-refractivity contribution in [3.63, 3.8) is 0 Å². The predicted molar refractivity (Wildman–Crippen MR) is 114 cm³/mol. The Morgan fingerprint density at radius 3 is 2.52 bits per heavy atom. The van der Waals surface area contributed by atoms with E-state index in [9.17, 15) is 4.39 Å². The lowest BCUT2D eigenvalue weighted by Crippen LogP contribution is -2.53. The zero-order valence-electron chi connectivity index (χ0n) is 16.9. The van der Waals surface area contributed by atoms with E-state index in [1.807, 2.05) is 19.2 Å². The fourth-order valence-corrected chi connectivity index (χ4v) is 3.97. The molecular weight excluding hydrogens is 361 g/mol. The number of hydrogen-bond acceptors (Lipinski definition) is 4. The molecule has 27 heavy (non-hydrogen) atoms. The molecule has 1 saturated heterocycles. The molecule has 0 aliphatic carbocycles. The first-order chi connectivity index (χ1) is 13.1. The van der Waals surface area contributed by atoms with Crippen LogP contribution >= 0.6 is 11.8 Å². The van der Waals surface area contributed by atoms with Crippen molar-refractivity contribution >= 4 is 17.7 Å². The molecule has 1 unspecified atom stereocenters. The van der Waals surface area contributed by atoms with Crippen LogP contribution in [0.25, 0.3) is 0 Å². The van der Waals surface area contributed by atoms with Crippen molar-refractivity contribution in [2.45, 2.75) is 31.2 Å². The standard InChI is InChI=1S/C20H34FN5S/c1-4-25-11-13-26(14-12-25)17(2)16-24-20(22-3)23-10-5-15-27-19-8-6-18(21)7-9-19/h6-9,17H,4-5,10-16H2,1-3H3,(H2,22,23,24). The summed E-state index contributed by atoms with van der Waals surface area (Å²) >= 11 is 1.75. The van der Waals surface area contributed by atoms with Gasteiger partial charge in [-0.25, -0.2) is 4.39 Å². The van der Waals surface area contributed by atoms with E-state index in [0.29, 0.717) is 6.04 Å². The zero-order valence-corrected chi connectivity index (χ0v) is 17.7. The summed E-state index contributed by atoms with van der Waals surface area (Å²) < 4.78 is 12.9. The van der Waals surface area contributed by atoms with Gasteiger partial charge in [0, 0.05) is 57.3 Å². The van der Waals surface area contributed by atoms with Crippen LogP contribution in [0, 0.1) is 5.82 Å². The van der Waals surface area contributed by atoms with Crippen LogP contribution in [0.5, 0.6) is 0 Å². The second kappa shape index (κ2) is 12.2. The van der Waals surface area contributed by atoms with Gasteiger partial charge in [0.05, 0.1) is 0 Å². The number of hydrogen-bond donors (Lipinski definition) is 2. The molecule has 7 heteroatoms. The molecule has 0 amide bonds. The summed E-state index contributed by atoms with van der Waals surface area (Å²) in [4.78, 5) is 10.5. The van der Waals surface area contributed by atoms with E-state index in [0.717, 1.165) is 55.8 Å². The maximum atomic E-state index is 12.9. The molecule has 1 aliphatic rings. The van der Waals surface area contributed by atoms with Crippen molar-refractivity contribution in [1.82, 2.24) is 20.4 Å². The van der Waals surface area contributed by atoms with Gasteiger partial charge < -0.3 is 15.5 Å². The number of rotatable bonds is 9. The van der Waals surface area contributed by atoms with Gasteiger partial charge in [-0.15, -0.1) is 11.8 Å². The van der Waals surface area contributed by atoms with Crippen molar-refractivity contribution in [3.05, 3.63) is 30.1 Å². The number of nitrogens with one attached hydrogen (secondary N) is 2. The molecule has 0 spiro atoms. The summed E-state index contributed by atoms with van der Waals surface area (Å²) in [5, 5.41) is 6.82. The van der Waals surface area contributed by atoms with Gasteiger partial charge >= 0.3 is 0 Å². The highest BCUT2D eigenvalue weighted by molar-refractivity contribution is 7.99. The lowest BCUT2D eigenvalue weighted by Gasteiger charge is -2.37. The number of guanidine groups is 1. The van der Waals surface area contributed by atoms with E-state index in [2.05, 4.69) is 39.3 Å². The Morgan fingerprint density at radius 1 is 1.19 bits per heavy atom. The molecule has 0 bridgehead atoms. The van der Waals surface area contributed by atoms with Crippen LogP contribution < -0.4 is 10.6 Å². The summed E-state index contributed by atoms with van der Waals surface area (Å²) in [5.41, 5.74) is 0. The van der Waals surface area contributed by atoms with Crippen LogP contribution in [-0.4, -0.2) is 80.4 Å². The first-order valence-electron chi connectivity index (χ1n) is 9.91. The van der Waals surface area contributed by atoms with Crippen LogP contribution in [0.4, 0.5) is 4.39 Å². The normalized spacial score (nSPS) is 17.7. The van der Waals surface area contributed by atoms with Crippen molar-refractivity contribution in [1.29, 1.82) is 0 Å². The minimum Gasteiger partial charge on any atom is -0.356 e. The van der Waals surface area contributed by atoms with Gasteiger partial charge in [0.2, 0.25) is 0 Å². The van der Waals surface area contributed by atoms with Crippen molar-refractivity contribution in [3.8, 4) is 0 Å². The Balaban J connectivity index is 1.58. The van der Waals surface area contributed by atoms with Crippen molar-refractivity contribution in [2.24, 2.45) is 4.99 Å². The molecule has 0 radical (unpaired) electrons. The maximum Gasteiger partial charge on any atom is 0.191 e. The Bertz CT molecular complexity index is 558. The molecule has 1 atom stereocenters. The molecular formula is C20H34FN5S. The van der Waals surface area contributed by atoms with E-state index in [4.69, 9.17) is 0 Å². The van der Waals surface area contributed by atoms with Crippen molar-refractivity contribution in [2.75, 3.05) is 58.6 Å². The number of aliphatic imine (C=N–C) groups is 1. The molecule has 1 aliphatic heterocycles. The highest BCUT2D eigenvalue weighted by Gasteiger charge is 2.20. The van der Waals surface area contributed by atoms with Crippen molar-refractivity contribution < 1.29 is 4.39 Å². The van der Waals surface area contributed by atoms with Gasteiger partial charge in [0.1, 0.15) is 5.82 Å². The largest absolute Gasteiger partial charge is 0.356 e. The zero-order chi connectivity index (χ0) is 19.5. The van der Waals surface area contributed by atoms with Crippen LogP contribution in [0.3, 0.4) is 0 Å². The molecule has 1 aromatic rings. The minimum absolute atomic E-state index is 0.183. The number of halogens is 1. The molecule has 1 aromatic carbocycles. The van der Waals surface area contributed by atoms with E-state index < -0.39 is 0 Å². The second-order valence-corrected chi connectivity index (χ2v) is 8.02. The number of benzene rings is 1. The van der Waals surface area contributed by atoms with E-state index in [1.54, 1.807) is 11.8 Å². The Labute approximate surface area is 167 Å². The first-order valence-corrected chi connectivity index (χ1v) is 10.9. The van der Waals surface area contributed by atoms with Crippen LogP contribution in [0.2, 0.25) is 0 Å². The molecule has 2 rings (SSSR count). The molecule has 1 heterocycles. The number of nitrogens with zero attached hydrogens (tertiary/aromatic N) is 3. The topological polar surface area (TPSA) is 42.9 Å². The van der Waals surface area contributed by atoms with Crippen LogP contribution in [0.1, 0.15) is 20.3 Å². The highest BCUT2D eigenvalue weighted by atomic mass is 32.2. The van der Waals surface area contributed by atoms with Gasteiger partial charge in [0.15, 0.2) is 5.96 Å². The van der Waals surface area contributed by atoms with Gasteiger partial charge in [0.25, 0.3) is 0 Å². The average molecular weight is 396 g/mol. The summed E-state index contributed by atoms with van der Waals surface area (Å²) in [5.74, 6) is 1.67. The smallest absolute Gasteiger partial charge is 0.191 e. The third kappa shape index (κ3) is 8.07. The molecule has 1 fully saturated rings. The first kappa shape index (κ1) is 22.0. The van der Waals surface area contributed by atoms with Gasteiger partial charge in [-0.3, -0.25) is 9.89 Å². The Morgan fingerprint density at radius 2 is 1.89 bits per heavy atom. The third-order valence-electron chi connectivity index (χ3n) is 4.96. The van der Waals surface area contributed by atoms with Gasteiger partial charge in [-0.2, -0.15) is 0 Å². The number of likely N-dealkylation sites (N-methyl/N-ethyl adjacent to an activating group) is 1. The summed E-state index contributed by atoms with van der Waals surface area (Å²) in [6.45, 7) is 12.0. The SMILES string of the molecule is CCN1CCN(C(C)CNC(=NC)NCCCSc2ccc(F)cc2)CC1. The average Bonchev–Trinajstić information content (AvgIpc) is 2.71. The quantitative estimate of drug-likeness (QED) is 0.291. The fourth-order valence-electron chi connectivity index (χ4n) is 3.11. The second-order valence-electron chi connectivity index (χ2n) is 6.86. The number of thioether (sulfide) groups is 1. The summed E-state index contributed by atoms with van der Waals surface area (Å²) in [7, 11) is 1.81. The molecule has 152 valence electrons. The van der Waals surface area contributed by atoms with Gasteiger partial charge in [-0.1, -0.05) is 6.92 Å². The van der Waals surface area contributed by atoms with E-state index in [-0.39, 0.29) is 5.82 Å². The predicted octanol–water partition coefficient (Wildman–Crippen LogP) is 2.50. The maximum absolute atomic E-state index is 12.9. The monoisotopic (exact) mass is 395 g/mol. The molecule has 5 nitrogen and oxygen atoms in total. The Hall–Kier alpha value is -1.31. The number of piperazine rings is 1. The third-order valence-corrected chi connectivity index (χ3v) is 6.06. The van der Waals surface area contributed by atoms with E-state index >= 15 is 0 Å². The summed E-state index contributed by atoms with van der Waals surface area (Å²) in [6.07, 6.45) is 1.03. The minimum atomic E-state index is -0.183. The van der Waals surface area contributed by atoms with Crippen LogP contribution in [0.15, 0.2) is 34.2 Å². The highest BCUT2D eigenvalue weighted by Crippen LogP contribution is 2.18. The lowest BCUT2D eigenvalue weighted by molar-refractivity contribution is 0.107. The Kier molecular flexibility index (Phi) is 9.94. The van der Waals surface area contributed by atoms with Crippen LogP contribution in [-0.2, 0) is 0 Å². The molecule has 2 N–H and O–H groups in total. The summed E-state index contributed by atoms with van der Waals surface area (Å²) in [6, 6.07) is 7.17. The van der Waals surface area contributed by atoms with E-state index in [1.165, 1.54) is 25.2 Å².